The topological polar surface area (TPSA) is 80.5 Å². The number of rotatable bonds is 3. The molecule has 0 saturated carbocycles. The van der Waals surface area contributed by atoms with Gasteiger partial charge >= 0.3 is 0 Å². The minimum Gasteiger partial charge on any atom is -0.270 e. The third-order valence-corrected chi connectivity index (χ3v) is 3.36. The zero-order valence-electron chi connectivity index (χ0n) is 10.9. The molecule has 0 N–H and O–H groups in total. The Kier molecular flexibility index (Phi) is 2.98. The minimum atomic E-state index is -0.643. The predicted octanol–water partition coefficient (Wildman–Crippen LogP) is 2.39. The van der Waals surface area contributed by atoms with Gasteiger partial charge in [0.2, 0.25) is 0 Å². The van der Waals surface area contributed by atoms with Crippen molar-refractivity contribution in [3.05, 3.63) is 75.3 Å². The van der Waals surface area contributed by atoms with E-state index >= 15 is 0 Å². The summed E-state index contributed by atoms with van der Waals surface area (Å²) in [6.07, 6.45) is 0. The van der Waals surface area contributed by atoms with Gasteiger partial charge in [0.15, 0.2) is 0 Å². The summed E-state index contributed by atoms with van der Waals surface area (Å²) >= 11 is 0. The van der Waals surface area contributed by atoms with Gasteiger partial charge in [-0.3, -0.25) is 24.6 Å². The molecule has 21 heavy (non-hydrogen) atoms. The van der Waals surface area contributed by atoms with E-state index in [4.69, 9.17) is 0 Å². The van der Waals surface area contributed by atoms with Crippen LogP contribution in [0.25, 0.3) is 0 Å². The van der Waals surface area contributed by atoms with Crippen molar-refractivity contribution in [2.45, 2.75) is 6.54 Å². The fourth-order valence-corrected chi connectivity index (χ4v) is 2.38. The third-order valence-electron chi connectivity index (χ3n) is 3.36. The lowest BCUT2D eigenvalue weighted by Gasteiger charge is -2.13. The van der Waals surface area contributed by atoms with Gasteiger partial charge in [-0.15, -0.1) is 0 Å². The van der Waals surface area contributed by atoms with Crippen LogP contribution < -0.4 is 0 Å². The Hall–Kier alpha value is -3.02. The molecule has 0 aliphatic carbocycles. The molecule has 2 amide bonds. The molecule has 0 atom stereocenters. The standard InChI is InChI=1S/C15H10N2O4/c18-14-11-7-4-8-12(17(20)21)13(11)15(19)16(14)9-10-5-2-1-3-6-10/h1-8H,9H2. The largest absolute Gasteiger partial charge is 0.282 e. The van der Waals surface area contributed by atoms with E-state index in [2.05, 4.69) is 0 Å². The summed E-state index contributed by atoms with van der Waals surface area (Å²) in [5.74, 6) is -1.12. The molecule has 6 heteroatoms. The Bertz CT molecular complexity index is 756. The lowest BCUT2D eigenvalue weighted by atomic mass is 10.1. The monoisotopic (exact) mass is 282 g/mol. The molecule has 3 rings (SSSR count). The van der Waals surface area contributed by atoms with E-state index in [1.807, 2.05) is 6.07 Å². The smallest absolute Gasteiger partial charge is 0.270 e. The first-order chi connectivity index (χ1) is 10.1. The van der Waals surface area contributed by atoms with Crippen molar-refractivity contribution in [2.75, 3.05) is 0 Å². The maximum absolute atomic E-state index is 12.3. The summed E-state index contributed by atoms with van der Waals surface area (Å²) in [6.45, 7) is 0.102. The van der Waals surface area contributed by atoms with Crippen LogP contribution in [0, 0.1) is 10.1 Å². The number of nitro groups is 1. The number of fused-ring (bicyclic) bond motifs is 1. The highest BCUT2D eigenvalue weighted by Gasteiger charge is 2.40. The molecule has 0 bridgehead atoms. The van der Waals surface area contributed by atoms with Crippen LogP contribution >= 0.6 is 0 Å². The van der Waals surface area contributed by atoms with Gasteiger partial charge in [-0.1, -0.05) is 36.4 Å². The number of hydrogen-bond acceptors (Lipinski definition) is 4. The highest BCUT2D eigenvalue weighted by molar-refractivity contribution is 6.23. The molecule has 0 aromatic heterocycles. The second-order valence-corrected chi connectivity index (χ2v) is 4.64. The van der Waals surface area contributed by atoms with Crippen LogP contribution in [0.1, 0.15) is 26.3 Å². The summed E-state index contributed by atoms with van der Waals surface area (Å²) in [7, 11) is 0. The van der Waals surface area contributed by atoms with E-state index in [0.717, 1.165) is 10.5 Å². The summed E-state index contributed by atoms with van der Waals surface area (Å²) in [5, 5.41) is 11.0. The fourth-order valence-electron chi connectivity index (χ4n) is 2.38. The van der Waals surface area contributed by atoms with Crippen LogP contribution in [0.2, 0.25) is 0 Å². The number of amides is 2. The average Bonchev–Trinajstić information content (AvgIpc) is 2.73. The summed E-state index contributed by atoms with van der Waals surface area (Å²) in [4.78, 5) is 36.0. The first-order valence-electron chi connectivity index (χ1n) is 6.27. The normalized spacial score (nSPS) is 13.4. The van der Waals surface area contributed by atoms with Gasteiger partial charge in [0.25, 0.3) is 17.5 Å². The van der Waals surface area contributed by atoms with Crippen LogP contribution in [-0.4, -0.2) is 21.6 Å². The molecule has 2 aromatic rings. The van der Waals surface area contributed by atoms with E-state index in [0.29, 0.717) is 0 Å². The van der Waals surface area contributed by atoms with Gasteiger partial charge < -0.3 is 0 Å². The summed E-state index contributed by atoms with van der Waals surface area (Å²) in [6, 6.07) is 13.1. The van der Waals surface area contributed by atoms with Crippen molar-refractivity contribution in [1.82, 2.24) is 4.90 Å². The zero-order valence-corrected chi connectivity index (χ0v) is 10.9. The van der Waals surface area contributed by atoms with Gasteiger partial charge in [0, 0.05) is 6.07 Å². The molecule has 0 radical (unpaired) electrons. The lowest BCUT2D eigenvalue weighted by Crippen LogP contribution is -2.29. The highest BCUT2D eigenvalue weighted by Crippen LogP contribution is 2.31. The van der Waals surface area contributed by atoms with E-state index in [9.17, 15) is 19.7 Å². The Morgan fingerprint density at radius 2 is 1.67 bits per heavy atom. The van der Waals surface area contributed by atoms with E-state index in [1.165, 1.54) is 18.2 Å². The van der Waals surface area contributed by atoms with Crippen LogP contribution in [0.4, 0.5) is 5.69 Å². The molecule has 104 valence electrons. The number of hydrogen-bond donors (Lipinski definition) is 0. The quantitative estimate of drug-likeness (QED) is 0.492. The van der Waals surface area contributed by atoms with Crippen LogP contribution in [0.3, 0.4) is 0 Å². The number of nitro benzene ring substituents is 1. The van der Waals surface area contributed by atoms with Gasteiger partial charge in [-0.05, 0) is 11.6 Å². The zero-order chi connectivity index (χ0) is 15.0. The molecule has 0 unspecified atom stereocenters. The SMILES string of the molecule is O=C1c2cccc([N+](=O)[O-])c2C(=O)N1Cc1ccccc1. The summed E-state index contributed by atoms with van der Waals surface area (Å²) < 4.78 is 0. The maximum Gasteiger partial charge on any atom is 0.282 e. The minimum absolute atomic E-state index is 0.0881. The Labute approximate surface area is 119 Å². The predicted molar refractivity (Wildman–Crippen MR) is 73.7 cm³/mol. The van der Waals surface area contributed by atoms with Gasteiger partial charge in [0.1, 0.15) is 5.56 Å². The Balaban J connectivity index is 2.01. The van der Waals surface area contributed by atoms with Gasteiger partial charge in [-0.25, -0.2) is 0 Å². The van der Waals surface area contributed by atoms with Crippen molar-refractivity contribution in [1.29, 1.82) is 0 Å². The third kappa shape index (κ3) is 2.06. The van der Waals surface area contributed by atoms with Crippen molar-refractivity contribution in [3.8, 4) is 0 Å². The fraction of sp³-hybridized carbons (Fsp3) is 0.0667. The molecule has 1 heterocycles. The molecular weight excluding hydrogens is 272 g/mol. The van der Waals surface area contributed by atoms with Crippen LogP contribution in [0.15, 0.2) is 48.5 Å². The first kappa shape index (κ1) is 13.0. The number of imide groups is 1. The lowest BCUT2D eigenvalue weighted by molar-refractivity contribution is -0.385. The molecule has 2 aromatic carbocycles. The molecule has 0 spiro atoms. The molecule has 1 aliphatic heterocycles. The molecule has 0 saturated heterocycles. The molecule has 0 fully saturated rings. The van der Waals surface area contributed by atoms with Gasteiger partial charge in [0.05, 0.1) is 17.0 Å². The van der Waals surface area contributed by atoms with E-state index < -0.39 is 16.7 Å². The second kappa shape index (κ2) is 4.82. The number of nitrogens with zero attached hydrogens (tertiary/aromatic N) is 2. The van der Waals surface area contributed by atoms with E-state index in [-0.39, 0.29) is 23.4 Å². The Morgan fingerprint density at radius 3 is 2.33 bits per heavy atom. The Morgan fingerprint density at radius 1 is 0.952 bits per heavy atom. The maximum atomic E-state index is 12.3. The van der Waals surface area contributed by atoms with Crippen molar-refractivity contribution in [2.24, 2.45) is 0 Å². The number of benzene rings is 2. The summed E-state index contributed by atoms with van der Waals surface area (Å²) in [5.41, 5.74) is 0.421. The van der Waals surface area contributed by atoms with Crippen molar-refractivity contribution >= 4 is 17.5 Å². The van der Waals surface area contributed by atoms with Crippen LogP contribution in [0.5, 0.6) is 0 Å². The first-order valence-corrected chi connectivity index (χ1v) is 6.27. The van der Waals surface area contributed by atoms with Gasteiger partial charge in [-0.2, -0.15) is 0 Å². The molecule has 6 nitrogen and oxygen atoms in total. The van der Waals surface area contributed by atoms with Crippen LogP contribution in [-0.2, 0) is 6.54 Å². The van der Waals surface area contributed by atoms with Crippen molar-refractivity contribution in [3.63, 3.8) is 0 Å². The van der Waals surface area contributed by atoms with E-state index in [1.54, 1.807) is 24.3 Å². The second-order valence-electron chi connectivity index (χ2n) is 4.64. The number of carbonyl (C=O) groups is 2. The number of carbonyl (C=O) groups excluding carboxylic acids is 2. The molecule has 1 aliphatic rings. The average molecular weight is 282 g/mol. The highest BCUT2D eigenvalue weighted by atomic mass is 16.6. The van der Waals surface area contributed by atoms with Crippen molar-refractivity contribution < 1.29 is 14.5 Å². The molecular formula is C15H10N2O4.